The molecular weight excluding hydrogens is 209 g/mol. The molecule has 3 nitrogen and oxygen atoms in total. The fourth-order valence-electron chi connectivity index (χ4n) is 2.12. The van der Waals surface area contributed by atoms with Crippen LogP contribution in [0.1, 0.15) is 17.9 Å². The molecule has 1 N–H and O–H groups in total. The molecule has 1 aliphatic rings. The predicted octanol–water partition coefficient (Wildman–Crippen LogP) is 1.92. The largest absolute Gasteiger partial charge is 0.496 e. The molecule has 1 fully saturated rings. The molecule has 0 spiro atoms. The highest BCUT2D eigenvalue weighted by Crippen LogP contribution is 2.35. The molecule has 0 aromatic heterocycles. The minimum absolute atomic E-state index is 0.280. The van der Waals surface area contributed by atoms with Gasteiger partial charge in [-0.25, -0.2) is 4.39 Å². The van der Waals surface area contributed by atoms with Crippen molar-refractivity contribution in [3.8, 4) is 11.5 Å². The van der Waals surface area contributed by atoms with Crippen molar-refractivity contribution < 1.29 is 13.9 Å². The van der Waals surface area contributed by atoms with E-state index in [-0.39, 0.29) is 11.6 Å². The summed E-state index contributed by atoms with van der Waals surface area (Å²) in [6.45, 7) is 1.90. The lowest BCUT2D eigenvalue weighted by Gasteiger charge is -2.15. The summed E-state index contributed by atoms with van der Waals surface area (Å²) in [6, 6.07) is 3.14. The summed E-state index contributed by atoms with van der Waals surface area (Å²) in [5, 5.41) is 3.28. The molecule has 2 rings (SSSR count). The van der Waals surface area contributed by atoms with Crippen LogP contribution in [-0.2, 0) is 0 Å². The fourth-order valence-corrected chi connectivity index (χ4v) is 2.12. The van der Waals surface area contributed by atoms with Crippen LogP contribution < -0.4 is 14.8 Å². The average molecular weight is 225 g/mol. The predicted molar refractivity (Wildman–Crippen MR) is 59.7 cm³/mol. The van der Waals surface area contributed by atoms with Gasteiger partial charge >= 0.3 is 0 Å². The van der Waals surface area contributed by atoms with Crippen molar-refractivity contribution in [2.45, 2.75) is 12.3 Å². The van der Waals surface area contributed by atoms with Gasteiger partial charge < -0.3 is 14.8 Å². The van der Waals surface area contributed by atoms with Crippen molar-refractivity contribution in [2.24, 2.45) is 0 Å². The van der Waals surface area contributed by atoms with Crippen molar-refractivity contribution in [1.29, 1.82) is 0 Å². The molecule has 0 amide bonds. The first-order valence-electron chi connectivity index (χ1n) is 5.38. The van der Waals surface area contributed by atoms with Gasteiger partial charge in [0.1, 0.15) is 5.75 Å². The number of rotatable bonds is 3. The van der Waals surface area contributed by atoms with Gasteiger partial charge in [0.2, 0.25) is 0 Å². The van der Waals surface area contributed by atoms with E-state index in [2.05, 4.69) is 5.32 Å². The van der Waals surface area contributed by atoms with Crippen molar-refractivity contribution in [3.63, 3.8) is 0 Å². The number of nitrogens with one attached hydrogen (secondary N) is 1. The van der Waals surface area contributed by atoms with E-state index in [0.717, 1.165) is 25.1 Å². The van der Waals surface area contributed by atoms with Gasteiger partial charge in [0.05, 0.1) is 14.2 Å². The summed E-state index contributed by atoms with van der Waals surface area (Å²) in [6.07, 6.45) is 1.05. The quantitative estimate of drug-likeness (QED) is 0.852. The van der Waals surface area contributed by atoms with Gasteiger partial charge in [0, 0.05) is 24.1 Å². The monoisotopic (exact) mass is 225 g/mol. The van der Waals surface area contributed by atoms with Crippen LogP contribution in [0.15, 0.2) is 12.1 Å². The number of methoxy groups -OCH3 is 2. The van der Waals surface area contributed by atoms with Gasteiger partial charge in [-0.1, -0.05) is 0 Å². The van der Waals surface area contributed by atoms with Gasteiger partial charge in [0.25, 0.3) is 0 Å². The molecule has 1 heterocycles. The first kappa shape index (κ1) is 11.2. The fraction of sp³-hybridized carbons (Fsp3) is 0.500. The topological polar surface area (TPSA) is 30.5 Å². The summed E-state index contributed by atoms with van der Waals surface area (Å²) >= 11 is 0. The standard InChI is InChI=1S/C12H16FNO2/c1-15-11-6-10(13)12(16-2)5-9(11)8-3-4-14-7-8/h5-6,8,14H,3-4,7H2,1-2H3. The van der Waals surface area contributed by atoms with Crippen LogP contribution in [0.3, 0.4) is 0 Å². The summed E-state index contributed by atoms with van der Waals surface area (Å²) in [5.74, 6) is 0.883. The molecule has 0 saturated carbocycles. The summed E-state index contributed by atoms with van der Waals surface area (Å²) in [7, 11) is 3.04. The highest BCUT2D eigenvalue weighted by atomic mass is 19.1. The van der Waals surface area contributed by atoms with Gasteiger partial charge in [-0.05, 0) is 19.0 Å². The Balaban J connectivity index is 2.40. The Labute approximate surface area is 94.6 Å². The van der Waals surface area contributed by atoms with Gasteiger partial charge in [0.15, 0.2) is 11.6 Å². The summed E-state index contributed by atoms with van der Waals surface area (Å²) in [5.41, 5.74) is 1.02. The van der Waals surface area contributed by atoms with E-state index in [1.807, 2.05) is 0 Å². The number of ether oxygens (including phenoxy) is 2. The van der Waals surface area contributed by atoms with Crippen molar-refractivity contribution in [1.82, 2.24) is 5.32 Å². The Bertz CT molecular complexity index is 376. The van der Waals surface area contributed by atoms with Crippen LogP contribution in [0.25, 0.3) is 0 Å². The maximum Gasteiger partial charge on any atom is 0.168 e. The van der Waals surface area contributed by atoms with Crippen molar-refractivity contribution in [2.75, 3.05) is 27.3 Å². The zero-order chi connectivity index (χ0) is 11.5. The molecule has 1 aromatic carbocycles. The lowest BCUT2D eigenvalue weighted by atomic mass is 9.97. The maximum absolute atomic E-state index is 13.5. The lowest BCUT2D eigenvalue weighted by molar-refractivity contribution is 0.372. The first-order chi connectivity index (χ1) is 7.76. The number of hydrogen-bond acceptors (Lipinski definition) is 3. The molecular formula is C12H16FNO2. The molecule has 1 atom stereocenters. The zero-order valence-corrected chi connectivity index (χ0v) is 9.55. The Hall–Kier alpha value is -1.29. The third-order valence-electron chi connectivity index (χ3n) is 3.00. The van der Waals surface area contributed by atoms with E-state index in [4.69, 9.17) is 9.47 Å². The maximum atomic E-state index is 13.5. The molecule has 0 bridgehead atoms. The Morgan fingerprint density at radius 2 is 2.00 bits per heavy atom. The molecule has 1 aliphatic heterocycles. The molecule has 88 valence electrons. The van der Waals surface area contributed by atoms with Gasteiger partial charge in [-0.15, -0.1) is 0 Å². The summed E-state index contributed by atoms with van der Waals surface area (Å²) in [4.78, 5) is 0. The zero-order valence-electron chi connectivity index (χ0n) is 9.55. The SMILES string of the molecule is COc1cc(C2CCNC2)c(OC)cc1F. The molecule has 4 heteroatoms. The van der Waals surface area contributed by atoms with Crippen LogP contribution >= 0.6 is 0 Å². The highest BCUT2D eigenvalue weighted by molar-refractivity contribution is 5.44. The number of halogens is 1. The van der Waals surface area contributed by atoms with Gasteiger partial charge in [-0.3, -0.25) is 0 Å². The van der Waals surface area contributed by atoms with Crippen LogP contribution in [0, 0.1) is 5.82 Å². The first-order valence-corrected chi connectivity index (χ1v) is 5.38. The summed E-state index contributed by atoms with van der Waals surface area (Å²) < 4.78 is 23.7. The van der Waals surface area contributed by atoms with E-state index >= 15 is 0 Å². The van der Waals surface area contributed by atoms with Crippen molar-refractivity contribution >= 4 is 0 Å². The molecule has 1 aromatic rings. The molecule has 16 heavy (non-hydrogen) atoms. The third-order valence-corrected chi connectivity index (χ3v) is 3.00. The smallest absolute Gasteiger partial charge is 0.168 e. The van der Waals surface area contributed by atoms with E-state index in [9.17, 15) is 4.39 Å². The van der Waals surface area contributed by atoms with Crippen LogP contribution in [0.4, 0.5) is 4.39 Å². The van der Waals surface area contributed by atoms with Crippen molar-refractivity contribution in [3.05, 3.63) is 23.5 Å². The Morgan fingerprint density at radius 3 is 2.56 bits per heavy atom. The van der Waals surface area contributed by atoms with Crippen LogP contribution in [-0.4, -0.2) is 27.3 Å². The third kappa shape index (κ3) is 1.97. The lowest BCUT2D eigenvalue weighted by Crippen LogP contribution is -2.09. The second kappa shape index (κ2) is 4.70. The average Bonchev–Trinajstić information content (AvgIpc) is 2.82. The van der Waals surface area contributed by atoms with Crippen LogP contribution in [0.5, 0.6) is 11.5 Å². The van der Waals surface area contributed by atoms with E-state index in [0.29, 0.717) is 11.7 Å². The minimum Gasteiger partial charge on any atom is -0.496 e. The van der Waals surface area contributed by atoms with E-state index < -0.39 is 0 Å². The normalized spacial score (nSPS) is 19.8. The minimum atomic E-state index is -0.381. The van der Waals surface area contributed by atoms with Gasteiger partial charge in [-0.2, -0.15) is 0 Å². The Morgan fingerprint density at radius 1 is 1.25 bits per heavy atom. The number of hydrogen-bond donors (Lipinski definition) is 1. The van der Waals surface area contributed by atoms with E-state index in [1.54, 1.807) is 13.2 Å². The second-order valence-corrected chi connectivity index (χ2v) is 3.92. The van der Waals surface area contributed by atoms with Crippen LogP contribution in [0.2, 0.25) is 0 Å². The molecule has 0 aliphatic carbocycles. The molecule has 1 saturated heterocycles. The molecule has 1 unspecified atom stereocenters. The highest BCUT2D eigenvalue weighted by Gasteiger charge is 2.22. The van der Waals surface area contributed by atoms with E-state index in [1.165, 1.54) is 13.2 Å². The molecule has 0 radical (unpaired) electrons. The second-order valence-electron chi connectivity index (χ2n) is 3.92. The number of benzene rings is 1. The Kier molecular flexibility index (Phi) is 3.29.